The van der Waals surface area contributed by atoms with Gasteiger partial charge >= 0.3 is 0 Å². The molecule has 3 rings (SSSR count). The summed E-state index contributed by atoms with van der Waals surface area (Å²) < 4.78 is 0. The summed E-state index contributed by atoms with van der Waals surface area (Å²) in [5.41, 5.74) is 0. The average molecular weight is 278 g/mol. The Morgan fingerprint density at radius 3 is 2.25 bits per heavy atom. The second-order valence-electron chi connectivity index (χ2n) is 7.21. The van der Waals surface area contributed by atoms with Gasteiger partial charge in [0, 0.05) is 25.6 Å². The Hall–Kier alpha value is -0.570. The minimum atomic E-state index is 0.428. The standard InChI is InChI=1S/C17H30N2O/c20-17(12-14-4-2-1-3-5-14)19-10-8-16(9-11-19)18-13-15-6-7-15/h14-16,18H,1-13H2. The molecule has 0 radical (unpaired) electrons. The van der Waals surface area contributed by atoms with E-state index in [1.165, 1.54) is 51.5 Å². The molecule has 3 nitrogen and oxygen atoms in total. The molecule has 1 N–H and O–H groups in total. The number of piperidine rings is 1. The Bertz CT molecular complexity index is 313. The number of carbonyl (C=O) groups is 1. The van der Waals surface area contributed by atoms with Crippen LogP contribution in [0, 0.1) is 11.8 Å². The number of carbonyl (C=O) groups excluding carboxylic acids is 1. The smallest absolute Gasteiger partial charge is 0.222 e. The molecule has 1 aliphatic heterocycles. The first-order valence-electron chi connectivity index (χ1n) is 8.82. The number of likely N-dealkylation sites (tertiary alicyclic amines) is 1. The number of nitrogens with one attached hydrogen (secondary N) is 1. The number of hydrogen-bond donors (Lipinski definition) is 1. The van der Waals surface area contributed by atoms with Gasteiger partial charge in [0.25, 0.3) is 0 Å². The zero-order chi connectivity index (χ0) is 13.8. The normalized spacial score (nSPS) is 25.9. The first-order valence-corrected chi connectivity index (χ1v) is 8.82. The second kappa shape index (κ2) is 6.93. The lowest BCUT2D eigenvalue weighted by Crippen LogP contribution is -2.45. The molecule has 0 aromatic heterocycles. The van der Waals surface area contributed by atoms with Crippen LogP contribution >= 0.6 is 0 Å². The van der Waals surface area contributed by atoms with Crippen LogP contribution in [0.5, 0.6) is 0 Å². The van der Waals surface area contributed by atoms with E-state index in [1.54, 1.807) is 0 Å². The third-order valence-electron chi connectivity index (χ3n) is 5.43. The SMILES string of the molecule is O=C(CC1CCCCC1)N1CCC(NCC2CC2)CC1. The lowest BCUT2D eigenvalue weighted by atomic mass is 9.86. The molecular formula is C17H30N2O. The van der Waals surface area contributed by atoms with Crippen LogP contribution in [0.1, 0.15) is 64.2 Å². The van der Waals surface area contributed by atoms with Crippen molar-refractivity contribution < 1.29 is 4.79 Å². The van der Waals surface area contributed by atoms with Gasteiger partial charge in [0.1, 0.15) is 0 Å². The Morgan fingerprint density at radius 2 is 1.60 bits per heavy atom. The molecule has 2 aliphatic carbocycles. The molecule has 2 saturated carbocycles. The summed E-state index contributed by atoms with van der Waals surface area (Å²) in [6, 6.07) is 0.661. The summed E-state index contributed by atoms with van der Waals surface area (Å²) in [6.07, 6.45) is 12.6. The van der Waals surface area contributed by atoms with Crippen LogP contribution < -0.4 is 5.32 Å². The van der Waals surface area contributed by atoms with E-state index in [0.717, 1.165) is 38.3 Å². The summed E-state index contributed by atoms with van der Waals surface area (Å²) in [4.78, 5) is 14.5. The second-order valence-corrected chi connectivity index (χ2v) is 7.21. The van der Waals surface area contributed by atoms with Crippen LogP contribution in [0.2, 0.25) is 0 Å². The lowest BCUT2D eigenvalue weighted by molar-refractivity contribution is -0.133. The van der Waals surface area contributed by atoms with E-state index in [4.69, 9.17) is 0 Å². The lowest BCUT2D eigenvalue weighted by Gasteiger charge is -2.34. The first kappa shape index (κ1) is 14.4. The molecule has 0 bridgehead atoms. The highest BCUT2D eigenvalue weighted by Crippen LogP contribution is 2.29. The van der Waals surface area contributed by atoms with E-state index in [0.29, 0.717) is 17.9 Å². The zero-order valence-electron chi connectivity index (χ0n) is 12.8. The fourth-order valence-corrected chi connectivity index (χ4v) is 3.76. The average Bonchev–Trinajstić information content (AvgIpc) is 3.31. The number of rotatable bonds is 5. The molecule has 0 aromatic carbocycles. The molecule has 0 unspecified atom stereocenters. The molecule has 20 heavy (non-hydrogen) atoms. The van der Waals surface area contributed by atoms with E-state index in [9.17, 15) is 4.79 Å². The third-order valence-corrected chi connectivity index (χ3v) is 5.43. The molecule has 3 fully saturated rings. The Labute approximate surface area is 123 Å². The maximum absolute atomic E-state index is 12.4. The third kappa shape index (κ3) is 4.21. The fraction of sp³-hybridized carbons (Fsp3) is 0.941. The number of hydrogen-bond acceptors (Lipinski definition) is 2. The van der Waals surface area contributed by atoms with Crippen molar-refractivity contribution in [2.24, 2.45) is 11.8 Å². The zero-order valence-corrected chi connectivity index (χ0v) is 12.8. The molecule has 0 aromatic rings. The van der Waals surface area contributed by atoms with E-state index >= 15 is 0 Å². The van der Waals surface area contributed by atoms with Gasteiger partial charge in [-0.05, 0) is 56.9 Å². The number of amides is 1. The van der Waals surface area contributed by atoms with E-state index in [-0.39, 0.29) is 0 Å². The minimum absolute atomic E-state index is 0.428. The van der Waals surface area contributed by atoms with Crippen molar-refractivity contribution in [2.45, 2.75) is 70.3 Å². The van der Waals surface area contributed by atoms with Crippen LogP contribution in [0.4, 0.5) is 0 Å². The fourth-order valence-electron chi connectivity index (χ4n) is 3.76. The predicted molar refractivity (Wildman–Crippen MR) is 81.5 cm³/mol. The molecule has 3 heteroatoms. The Kier molecular flexibility index (Phi) is 4.98. The summed E-state index contributed by atoms with van der Waals surface area (Å²) in [5, 5.41) is 3.69. The molecule has 1 heterocycles. The highest BCUT2D eigenvalue weighted by Gasteiger charge is 2.27. The highest BCUT2D eigenvalue weighted by atomic mass is 16.2. The van der Waals surface area contributed by atoms with E-state index in [1.807, 2.05) is 0 Å². The van der Waals surface area contributed by atoms with Gasteiger partial charge in [-0.3, -0.25) is 4.79 Å². The molecule has 0 atom stereocenters. The Morgan fingerprint density at radius 1 is 0.900 bits per heavy atom. The Balaban J connectivity index is 1.34. The topological polar surface area (TPSA) is 32.3 Å². The number of nitrogens with zero attached hydrogens (tertiary/aromatic N) is 1. The van der Waals surface area contributed by atoms with Gasteiger partial charge in [-0.25, -0.2) is 0 Å². The summed E-state index contributed by atoms with van der Waals surface area (Å²) in [5.74, 6) is 2.07. The van der Waals surface area contributed by atoms with Crippen LogP contribution in [0.15, 0.2) is 0 Å². The van der Waals surface area contributed by atoms with Crippen molar-refractivity contribution >= 4 is 5.91 Å². The molecular weight excluding hydrogens is 248 g/mol. The molecule has 1 saturated heterocycles. The predicted octanol–water partition coefficient (Wildman–Crippen LogP) is 2.95. The van der Waals surface area contributed by atoms with Crippen molar-refractivity contribution in [3.63, 3.8) is 0 Å². The van der Waals surface area contributed by atoms with E-state index < -0.39 is 0 Å². The quantitative estimate of drug-likeness (QED) is 0.838. The summed E-state index contributed by atoms with van der Waals surface area (Å²) >= 11 is 0. The van der Waals surface area contributed by atoms with Crippen molar-refractivity contribution in [3.05, 3.63) is 0 Å². The van der Waals surface area contributed by atoms with E-state index in [2.05, 4.69) is 10.2 Å². The first-order chi connectivity index (χ1) is 9.81. The van der Waals surface area contributed by atoms with Gasteiger partial charge in [-0.2, -0.15) is 0 Å². The van der Waals surface area contributed by atoms with Crippen LogP contribution in [0.25, 0.3) is 0 Å². The van der Waals surface area contributed by atoms with Gasteiger partial charge < -0.3 is 10.2 Å². The van der Waals surface area contributed by atoms with Crippen molar-refractivity contribution in [3.8, 4) is 0 Å². The van der Waals surface area contributed by atoms with Crippen LogP contribution in [-0.4, -0.2) is 36.5 Å². The van der Waals surface area contributed by atoms with Crippen LogP contribution in [0.3, 0.4) is 0 Å². The molecule has 3 aliphatic rings. The minimum Gasteiger partial charge on any atom is -0.343 e. The van der Waals surface area contributed by atoms with Crippen molar-refractivity contribution in [2.75, 3.05) is 19.6 Å². The summed E-state index contributed by atoms with van der Waals surface area (Å²) in [6.45, 7) is 3.17. The maximum atomic E-state index is 12.4. The molecule has 114 valence electrons. The summed E-state index contributed by atoms with van der Waals surface area (Å²) in [7, 11) is 0. The van der Waals surface area contributed by atoms with Gasteiger partial charge in [0.05, 0.1) is 0 Å². The molecule has 0 spiro atoms. The van der Waals surface area contributed by atoms with Crippen molar-refractivity contribution in [1.29, 1.82) is 0 Å². The highest BCUT2D eigenvalue weighted by molar-refractivity contribution is 5.76. The van der Waals surface area contributed by atoms with Crippen LogP contribution in [-0.2, 0) is 4.79 Å². The molecule has 1 amide bonds. The largest absolute Gasteiger partial charge is 0.343 e. The monoisotopic (exact) mass is 278 g/mol. The van der Waals surface area contributed by atoms with Gasteiger partial charge in [0.15, 0.2) is 0 Å². The van der Waals surface area contributed by atoms with Crippen molar-refractivity contribution in [1.82, 2.24) is 10.2 Å². The van der Waals surface area contributed by atoms with Gasteiger partial charge in [-0.1, -0.05) is 19.3 Å². The maximum Gasteiger partial charge on any atom is 0.222 e. The van der Waals surface area contributed by atoms with Gasteiger partial charge in [0.2, 0.25) is 5.91 Å². The van der Waals surface area contributed by atoms with Gasteiger partial charge in [-0.15, -0.1) is 0 Å².